The minimum absolute atomic E-state index is 0.178. The molecule has 2 heterocycles. The minimum Gasteiger partial charge on any atom is -0.339 e. The number of carbonyl (C=O) groups is 2. The largest absolute Gasteiger partial charge is 0.339 e. The molecule has 22 heavy (non-hydrogen) atoms. The van der Waals surface area contributed by atoms with E-state index in [0.717, 1.165) is 12.8 Å². The molecule has 0 unspecified atom stereocenters. The lowest BCUT2D eigenvalue weighted by atomic mass is 9.94. The molecule has 0 aromatic carbocycles. The molecule has 1 aromatic heterocycles. The van der Waals surface area contributed by atoms with Gasteiger partial charge in [0.05, 0.1) is 0 Å². The quantitative estimate of drug-likeness (QED) is 0.855. The molecule has 2 amide bonds. The molecule has 1 fully saturated rings. The molecule has 122 valence electrons. The van der Waals surface area contributed by atoms with Crippen LogP contribution < -0.4 is 0 Å². The Morgan fingerprint density at radius 3 is 2.32 bits per heavy atom. The third-order valence-electron chi connectivity index (χ3n) is 3.96. The van der Waals surface area contributed by atoms with Crippen LogP contribution in [-0.4, -0.2) is 47.8 Å². The molecule has 0 spiro atoms. The van der Waals surface area contributed by atoms with Crippen LogP contribution in [0.25, 0.3) is 0 Å². The van der Waals surface area contributed by atoms with Gasteiger partial charge in [0, 0.05) is 42.9 Å². The van der Waals surface area contributed by atoms with E-state index in [1.165, 1.54) is 4.88 Å². The average molecular weight is 322 g/mol. The van der Waals surface area contributed by atoms with Crippen molar-refractivity contribution < 1.29 is 9.59 Å². The van der Waals surface area contributed by atoms with E-state index in [9.17, 15) is 9.59 Å². The van der Waals surface area contributed by atoms with Crippen molar-refractivity contribution in [1.29, 1.82) is 0 Å². The molecule has 0 radical (unpaired) electrons. The van der Waals surface area contributed by atoms with Crippen molar-refractivity contribution in [2.75, 3.05) is 26.2 Å². The maximum absolute atomic E-state index is 12.2. The molecule has 0 saturated carbocycles. The van der Waals surface area contributed by atoms with Gasteiger partial charge >= 0.3 is 0 Å². The number of aryl methyl sites for hydroxylation is 1. The molecular weight excluding hydrogens is 296 g/mol. The number of piperazine rings is 1. The molecule has 0 N–H and O–H groups in total. The fourth-order valence-corrected chi connectivity index (χ4v) is 3.41. The van der Waals surface area contributed by atoms with Crippen LogP contribution in [0.15, 0.2) is 17.5 Å². The number of nitrogens with zero attached hydrogens (tertiary/aromatic N) is 2. The van der Waals surface area contributed by atoms with E-state index in [-0.39, 0.29) is 17.2 Å². The predicted molar refractivity (Wildman–Crippen MR) is 89.9 cm³/mol. The van der Waals surface area contributed by atoms with Crippen LogP contribution in [0, 0.1) is 5.41 Å². The molecule has 1 saturated heterocycles. The first-order valence-corrected chi connectivity index (χ1v) is 8.85. The summed E-state index contributed by atoms with van der Waals surface area (Å²) in [4.78, 5) is 29.6. The summed E-state index contributed by atoms with van der Waals surface area (Å²) >= 11 is 1.75. The van der Waals surface area contributed by atoms with Gasteiger partial charge in [-0.1, -0.05) is 26.8 Å². The Hall–Kier alpha value is -1.36. The van der Waals surface area contributed by atoms with Crippen molar-refractivity contribution >= 4 is 23.2 Å². The van der Waals surface area contributed by atoms with E-state index in [4.69, 9.17) is 0 Å². The number of rotatable bonds is 4. The van der Waals surface area contributed by atoms with Gasteiger partial charge in [-0.2, -0.15) is 0 Å². The monoisotopic (exact) mass is 322 g/mol. The average Bonchev–Trinajstić information content (AvgIpc) is 2.99. The first kappa shape index (κ1) is 17.0. The van der Waals surface area contributed by atoms with Gasteiger partial charge in [0.2, 0.25) is 11.8 Å². The maximum Gasteiger partial charge on any atom is 0.228 e. The van der Waals surface area contributed by atoms with Crippen molar-refractivity contribution in [1.82, 2.24) is 9.80 Å². The maximum atomic E-state index is 12.2. The van der Waals surface area contributed by atoms with Gasteiger partial charge < -0.3 is 9.80 Å². The smallest absolute Gasteiger partial charge is 0.228 e. The number of hydrogen-bond donors (Lipinski definition) is 0. The fourth-order valence-electron chi connectivity index (χ4n) is 2.66. The Balaban J connectivity index is 1.72. The van der Waals surface area contributed by atoms with Crippen LogP contribution in [-0.2, 0) is 16.0 Å². The molecule has 4 nitrogen and oxygen atoms in total. The van der Waals surface area contributed by atoms with E-state index in [0.29, 0.717) is 32.6 Å². The molecule has 1 aliphatic heterocycles. The molecule has 0 atom stereocenters. The SMILES string of the molecule is CC(C)(C)C(=O)N1CCN(C(=O)CCCc2cccs2)CC1. The second-order valence-corrected chi connectivity index (χ2v) is 7.89. The van der Waals surface area contributed by atoms with Gasteiger partial charge in [-0.05, 0) is 24.3 Å². The summed E-state index contributed by atoms with van der Waals surface area (Å²) in [7, 11) is 0. The first-order valence-electron chi connectivity index (χ1n) is 7.97. The summed E-state index contributed by atoms with van der Waals surface area (Å²) in [6.45, 7) is 8.48. The van der Waals surface area contributed by atoms with E-state index >= 15 is 0 Å². The summed E-state index contributed by atoms with van der Waals surface area (Å²) in [5.74, 6) is 0.400. The van der Waals surface area contributed by atoms with Gasteiger partial charge in [-0.3, -0.25) is 9.59 Å². The third-order valence-corrected chi connectivity index (χ3v) is 4.89. The zero-order valence-corrected chi connectivity index (χ0v) is 14.6. The zero-order chi connectivity index (χ0) is 16.2. The van der Waals surface area contributed by atoms with Crippen LogP contribution >= 0.6 is 11.3 Å². The number of thiophene rings is 1. The predicted octanol–water partition coefficient (Wildman–Crippen LogP) is 2.79. The summed E-state index contributed by atoms with van der Waals surface area (Å²) in [5.41, 5.74) is -0.340. The summed E-state index contributed by atoms with van der Waals surface area (Å²) in [6, 6.07) is 4.17. The number of hydrogen-bond acceptors (Lipinski definition) is 3. The van der Waals surface area contributed by atoms with Gasteiger partial charge in [0.25, 0.3) is 0 Å². The zero-order valence-electron chi connectivity index (χ0n) is 13.8. The second kappa shape index (κ2) is 7.27. The van der Waals surface area contributed by atoms with Crippen LogP contribution in [0.3, 0.4) is 0 Å². The van der Waals surface area contributed by atoms with Crippen LogP contribution in [0.1, 0.15) is 38.5 Å². The Kier molecular flexibility index (Phi) is 5.62. The van der Waals surface area contributed by atoms with Crippen molar-refractivity contribution in [2.24, 2.45) is 5.41 Å². The Morgan fingerprint density at radius 2 is 1.77 bits per heavy atom. The standard InChI is InChI=1S/C17H26N2O2S/c1-17(2,3)16(21)19-11-9-18(10-12-19)15(20)8-4-6-14-7-5-13-22-14/h5,7,13H,4,6,8-12H2,1-3H3. The van der Waals surface area contributed by atoms with Crippen molar-refractivity contribution in [3.63, 3.8) is 0 Å². The Morgan fingerprint density at radius 1 is 1.14 bits per heavy atom. The van der Waals surface area contributed by atoms with Gasteiger partial charge in [0.1, 0.15) is 0 Å². The summed E-state index contributed by atoms with van der Waals surface area (Å²) in [5, 5.41) is 2.07. The van der Waals surface area contributed by atoms with E-state index in [1.807, 2.05) is 36.6 Å². The molecule has 0 bridgehead atoms. The minimum atomic E-state index is -0.340. The Bertz CT molecular complexity index is 497. The van der Waals surface area contributed by atoms with E-state index in [2.05, 4.69) is 11.4 Å². The van der Waals surface area contributed by atoms with Gasteiger partial charge in [0.15, 0.2) is 0 Å². The highest BCUT2D eigenvalue weighted by Gasteiger charge is 2.30. The van der Waals surface area contributed by atoms with Crippen LogP contribution in [0.4, 0.5) is 0 Å². The van der Waals surface area contributed by atoms with Gasteiger partial charge in [-0.25, -0.2) is 0 Å². The third kappa shape index (κ3) is 4.57. The van der Waals surface area contributed by atoms with Gasteiger partial charge in [-0.15, -0.1) is 11.3 Å². The molecule has 1 aromatic rings. The van der Waals surface area contributed by atoms with Crippen molar-refractivity contribution in [3.8, 4) is 0 Å². The normalized spacial score (nSPS) is 16.0. The highest BCUT2D eigenvalue weighted by molar-refractivity contribution is 7.09. The summed E-state index contributed by atoms with van der Waals surface area (Å²) < 4.78 is 0. The molecular formula is C17H26N2O2S. The Labute approximate surface area is 137 Å². The summed E-state index contributed by atoms with van der Waals surface area (Å²) in [6.07, 6.45) is 2.48. The number of amides is 2. The lowest BCUT2D eigenvalue weighted by Crippen LogP contribution is -2.53. The number of carbonyl (C=O) groups excluding carboxylic acids is 2. The lowest BCUT2D eigenvalue weighted by molar-refractivity contribution is -0.144. The van der Waals surface area contributed by atoms with Crippen molar-refractivity contribution in [3.05, 3.63) is 22.4 Å². The van der Waals surface area contributed by atoms with Crippen LogP contribution in [0.2, 0.25) is 0 Å². The molecule has 2 rings (SSSR count). The second-order valence-electron chi connectivity index (χ2n) is 6.86. The molecule has 5 heteroatoms. The molecule has 1 aliphatic rings. The fraction of sp³-hybridized carbons (Fsp3) is 0.647. The highest BCUT2D eigenvalue weighted by Crippen LogP contribution is 2.19. The van der Waals surface area contributed by atoms with E-state index < -0.39 is 0 Å². The van der Waals surface area contributed by atoms with E-state index in [1.54, 1.807) is 11.3 Å². The topological polar surface area (TPSA) is 40.6 Å². The van der Waals surface area contributed by atoms with Crippen LogP contribution in [0.5, 0.6) is 0 Å². The first-order chi connectivity index (χ1) is 10.4. The highest BCUT2D eigenvalue weighted by atomic mass is 32.1. The lowest BCUT2D eigenvalue weighted by Gasteiger charge is -2.37. The molecule has 0 aliphatic carbocycles. The van der Waals surface area contributed by atoms with Crippen molar-refractivity contribution in [2.45, 2.75) is 40.0 Å².